The van der Waals surface area contributed by atoms with Crippen LogP contribution in [0.1, 0.15) is 55.8 Å². The summed E-state index contributed by atoms with van der Waals surface area (Å²) in [7, 11) is -3.36. The highest BCUT2D eigenvalue weighted by atomic mass is 32.2. The molecule has 2 aliphatic rings. The van der Waals surface area contributed by atoms with Crippen molar-refractivity contribution < 1.29 is 17.9 Å². The molecule has 2 aromatic carbocycles. The third kappa shape index (κ3) is 4.89. The molecular weight excluding hydrogens is 396 g/mol. The van der Waals surface area contributed by atoms with Crippen molar-refractivity contribution in [3.05, 3.63) is 59.7 Å². The molecule has 0 amide bonds. The van der Waals surface area contributed by atoms with E-state index in [0.717, 1.165) is 45.3 Å². The lowest BCUT2D eigenvalue weighted by molar-refractivity contribution is 0.0663. The molecule has 30 heavy (non-hydrogen) atoms. The van der Waals surface area contributed by atoms with Gasteiger partial charge in [-0.1, -0.05) is 42.8 Å². The molecule has 0 aromatic heterocycles. The van der Waals surface area contributed by atoms with Crippen LogP contribution in [0.3, 0.4) is 0 Å². The first-order chi connectivity index (χ1) is 14.5. The first kappa shape index (κ1) is 21.4. The van der Waals surface area contributed by atoms with Gasteiger partial charge in [-0.05, 0) is 67.7 Å². The van der Waals surface area contributed by atoms with Crippen LogP contribution in [0.5, 0.6) is 5.75 Å². The van der Waals surface area contributed by atoms with Gasteiger partial charge in [-0.15, -0.1) is 0 Å². The number of hydrogen-bond donors (Lipinski definition) is 0. The smallest absolute Gasteiger partial charge is 0.179 e. The first-order valence-corrected chi connectivity index (χ1v) is 13.0. The van der Waals surface area contributed by atoms with Crippen LogP contribution in [0.4, 0.5) is 0 Å². The lowest BCUT2D eigenvalue weighted by Gasteiger charge is -2.39. The number of benzene rings is 2. The number of fused-ring (bicyclic) bond motifs is 1. The molecule has 4 nitrogen and oxygen atoms in total. The fraction of sp³-hybridized carbons (Fsp3) is 0.520. The van der Waals surface area contributed by atoms with Crippen LogP contribution in [0.25, 0.3) is 0 Å². The second kappa shape index (κ2) is 9.52. The number of ether oxygens (including phenoxy) is 2. The highest BCUT2D eigenvalue weighted by Gasteiger charge is 2.36. The highest BCUT2D eigenvalue weighted by molar-refractivity contribution is 7.90. The van der Waals surface area contributed by atoms with Crippen LogP contribution >= 0.6 is 0 Å². The number of rotatable bonds is 4. The summed E-state index contributed by atoms with van der Waals surface area (Å²) in [6.45, 7) is 1.70. The summed E-state index contributed by atoms with van der Waals surface area (Å²) < 4.78 is 37.0. The summed E-state index contributed by atoms with van der Waals surface area (Å²) in [6.07, 6.45) is 8.96. The van der Waals surface area contributed by atoms with Gasteiger partial charge in [0.05, 0.1) is 0 Å². The Kier molecular flexibility index (Phi) is 6.79. The molecule has 2 aromatic rings. The topological polar surface area (TPSA) is 52.6 Å². The van der Waals surface area contributed by atoms with E-state index in [9.17, 15) is 8.42 Å². The standard InChI is InChI=1S/C25H32O4S/c1-30(26,27)24-14-5-4-13-23(24)29-25-21-12-3-2-9-20(21)15-16-22(25)19-10-6-7-17-28-18-8-11-19/h2-5,9,12-14,19,22,25H,6-8,10-11,15-18H2,1H3/t19?,22-,25+/m1/s1. The van der Waals surface area contributed by atoms with Gasteiger partial charge in [-0.25, -0.2) is 8.42 Å². The van der Waals surface area contributed by atoms with Crippen molar-refractivity contribution in [2.45, 2.75) is 55.9 Å². The Morgan fingerprint density at radius 1 is 0.900 bits per heavy atom. The lowest BCUT2D eigenvalue weighted by Crippen LogP contribution is -2.31. The van der Waals surface area contributed by atoms with Crippen molar-refractivity contribution >= 4 is 9.84 Å². The van der Waals surface area contributed by atoms with E-state index < -0.39 is 9.84 Å². The summed E-state index contributed by atoms with van der Waals surface area (Å²) in [5.74, 6) is 1.42. The quantitative estimate of drug-likeness (QED) is 0.657. The van der Waals surface area contributed by atoms with Crippen molar-refractivity contribution in [1.82, 2.24) is 0 Å². The minimum absolute atomic E-state index is 0.121. The Balaban J connectivity index is 1.69. The van der Waals surface area contributed by atoms with Gasteiger partial charge in [-0.3, -0.25) is 0 Å². The van der Waals surface area contributed by atoms with Crippen LogP contribution in [0, 0.1) is 11.8 Å². The van der Waals surface area contributed by atoms with E-state index >= 15 is 0 Å². The predicted molar refractivity (Wildman–Crippen MR) is 119 cm³/mol. The van der Waals surface area contributed by atoms with E-state index in [0.29, 0.717) is 17.6 Å². The Morgan fingerprint density at radius 2 is 1.63 bits per heavy atom. The van der Waals surface area contributed by atoms with Crippen molar-refractivity contribution in [3.8, 4) is 5.75 Å². The molecular formula is C25H32O4S. The second-order valence-electron chi connectivity index (χ2n) is 8.67. The largest absolute Gasteiger partial charge is 0.484 e. The van der Waals surface area contributed by atoms with Gasteiger partial charge in [0.25, 0.3) is 0 Å². The van der Waals surface area contributed by atoms with Crippen molar-refractivity contribution in [2.24, 2.45) is 11.8 Å². The average Bonchev–Trinajstić information content (AvgIpc) is 2.88. The zero-order valence-corrected chi connectivity index (χ0v) is 18.6. The minimum Gasteiger partial charge on any atom is -0.484 e. The number of aryl methyl sites for hydroxylation is 1. The lowest BCUT2D eigenvalue weighted by atomic mass is 9.72. The first-order valence-electron chi connectivity index (χ1n) is 11.2. The summed E-state index contributed by atoms with van der Waals surface area (Å²) in [5.41, 5.74) is 2.54. The SMILES string of the molecule is CS(=O)(=O)c1ccccc1O[C@H]1c2ccccc2CC[C@@H]1C1CCCCOCCC1. The zero-order chi connectivity index (χ0) is 21.0. The van der Waals surface area contributed by atoms with E-state index in [2.05, 4.69) is 24.3 Å². The molecule has 4 rings (SSSR count). The third-order valence-electron chi connectivity index (χ3n) is 6.58. The maximum Gasteiger partial charge on any atom is 0.179 e. The van der Waals surface area contributed by atoms with E-state index in [1.807, 2.05) is 6.07 Å². The Hall–Kier alpha value is -1.85. The molecule has 3 atom stereocenters. The second-order valence-corrected chi connectivity index (χ2v) is 10.7. The molecule has 0 bridgehead atoms. The third-order valence-corrected chi connectivity index (χ3v) is 7.72. The molecule has 1 saturated heterocycles. The Bertz CT molecular complexity index is 943. The van der Waals surface area contributed by atoms with Gasteiger partial charge in [-0.2, -0.15) is 0 Å². The van der Waals surface area contributed by atoms with Crippen LogP contribution < -0.4 is 4.74 Å². The highest BCUT2D eigenvalue weighted by Crippen LogP contribution is 2.45. The van der Waals surface area contributed by atoms with E-state index in [-0.39, 0.29) is 11.0 Å². The van der Waals surface area contributed by atoms with Crippen LogP contribution in [-0.2, 0) is 21.0 Å². The van der Waals surface area contributed by atoms with Gasteiger partial charge in [0, 0.05) is 25.4 Å². The summed E-state index contributed by atoms with van der Waals surface area (Å²) in [5, 5.41) is 0. The molecule has 0 spiro atoms. The van der Waals surface area contributed by atoms with Crippen molar-refractivity contribution in [2.75, 3.05) is 19.5 Å². The van der Waals surface area contributed by atoms with E-state index in [1.54, 1.807) is 18.2 Å². The minimum atomic E-state index is -3.36. The van der Waals surface area contributed by atoms with Crippen molar-refractivity contribution in [3.63, 3.8) is 0 Å². The molecule has 0 saturated carbocycles. The van der Waals surface area contributed by atoms with Gasteiger partial charge in [0.1, 0.15) is 16.7 Å². The number of hydrogen-bond acceptors (Lipinski definition) is 4. The number of para-hydroxylation sites is 1. The average molecular weight is 429 g/mol. The molecule has 1 aliphatic carbocycles. The fourth-order valence-corrected chi connectivity index (χ4v) is 5.91. The molecule has 1 fully saturated rings. The molecule has 0 radical (unpaired) electrons. The Labute approximate surface area is 180 Å². The molecule has 1 unspecified atom stereocenters. The van der Waals surface area contributed by atoms with Gasteiger partial charge < -0.3 is 9.47 Å². The van der Waals surface area contributed by atoms with Gasteiger partial charge in [0.15, 0.2) is 9.84 Å². The monoisotopic (exact) mass is 428 g/mol. The molecule has 0 N–H and O–H groups in total. The van der Waals surface area contributed by atoms with Gasteiger partial charge in [0.2, 0.25) is 0 Å². The summed E-state index contributed by atoms with van der Waals surface area (Å²) >= 11 is 0. The Morgan fingerprint density at radius 3 is 2.50 bits per heavy atom. The van der Waals surface area contributed by atoms with E-state index in [1.165, 1.54) is 30.2 Å². The molecule has 162 valence electrons. The zero-order valence-electron chi connectivity index (χ0n) is 17.8. The molecule has 5 heteroatoms. The van der Waals surface area contributed by atoms with Gasteiger partial charge >= 0.3 is 0 Å². The molecule has 1 heterocycles. The normalized spacial score (nSPS) is 25.4. The number of sulfone groups is 1. The van der Waals surface area contributed by atoms with Crippen LogP contribution in [0.15, 0.2) is 53.4 Å². The predicted octanol–water partition coefficient (Wildman–Crippen LogP) is 5.37. The van der Waals surface area contributed by atoms with Crippen molar-refractivity contribution in [1.29, 1.82) is 0 Å². The maximum absolute atomic E-state index is 12.4. The summed E-state index contributed by atoms with van der Waals surface area (Å²) in [4.78, 5) is 0.273. The fourth-order valence-electron chi connectivity index (χ4n) is 5.10. The maximum atomic E-state index is 12.4. The van der Waals surface area contributed by atoms with E-state index in [4.69, 9.17) is 9.47 Å². The van der Waals surface area contributed by atoms with Crippen LogP contribution in [-0.4, -0.2) is 27.9 Å². The molecule has 1 aliphatic heterocycles. The summed E-state index contributed by atoms with van der Waals surface area (Å²) in [6, 6.07) is 15.5. The van der Waals surface area contributed by atoms with Crippen LogP contribution in [0.2, 0.25) is 0 Å².